The van der Waals surface area contributed by atoms with Gasteiger partial charge >= 0.3 is 0 Å². The second-order valence-electron chi connectivity index (χ2n) is 6.68. The first-order chi connectivity index (χ1) is 14.1. The molecule has 9 heteroatoms. The van der Waals surface area contributed by atoms with E-state index in [1.807, 2.05) is 44.2 Å². The third kappa shape index (κ3) is 4.29. The number of fused-ring (bicyclic) bond motifs is 1. The van der Waals surface area contributed by atoms with E-state index >= 15 is 0 Å². The number of amides is 1. The van der Waals surface area contributed by atoms with E-state index in [4.69, 9.17) is 9.47 Å². The van der Waals surface area contributed by atoms with Crippen LogP contribution in [0, 0.1) is 13.8 Å². The quantitative estimate of drug-likeness (QED) is 0.613. The number of ether oxygens (including phenoxy) is 2. The van der Waals surface area contributed by atoms with Crippen molar-refractivity contribution in [3.8, 4) is 17.3 Å². The number of benzene rings is 1. The van der Waals surface area contributed by atoms with Crippen LogP contribution in [0.15, 0.2) is 42.7 Å². The van der Waals surface area contributed by atoms with E-state index < -0.39 is 6.10 Å². The van der Waals surface area contributed by atoms with Crippen LogP contribution in [-0.2, 0) is 4.79 Å². The molecule has 4 rings (SSSR count). The molecule has 29 heavy (non-hydrogen) atoms. The Bertz CT molecular complexity index is 1020. The zero-order chi connectivity index (χ0) is 20.2. The lowest BCUT2D eigenvalue weighted by molar-refractivity contribution is -0.130. The number of hydrogen-bond acceptors (Lipinski definition) is 7. The van der Waals surface area contributed by atoms with E-state index in [0.717, 1.165) is 11.4 Å². The lowest BCUT2D eigenvalue weighted by Gasteiger charge is -2.25. The number of aryl methyl sites for hydroxylation is 2. The van der Waals surface area contributed by atoms with Crippen LogP contribution >= 0.6 is 0 Å². The smallest absolute Gasteiger partial charge is 0.264 e. The topological polar surface area (TPSA) is 103 Å². The van der Waals surface area contributed by atoms with Crippen molar-refractivity contribution >= 4 is 11.7 Å². The molecule has 2 aromatic heterocycles. The molecule has 1 atom stereocenters. The first-order valence-corrected chi connectivity index (χ1v) is 9.36. The lowest BCUT2D eigenvalue weighted by atomic mass is 10.2. The summed E-state index contributed by atoms with van der Waals surface area (Å²) in [7, 11) is 0. The first-order valence-electron chi connectivity index (χ1n) is 9.36. The van der Waals surface area contributed by atoms with Gasteiger partial charge in [-0.2, -0.15) is 5.10 Å². The van der Waals surface area contributed by atoms with Crippen molar-refractivity contribution in [2.45, 2.75) is 20.0 Å². The van der Waals surface area contributed by atoms with Crippen LogP contribution in [0.2, 0.25) is 0 Å². The second-order valence-corrected chi connectivity index (χ2v) is 6.68. The minimum Gasteiger partial charge on any atom is -0.485 e. The minimum atomic E-state index is -0.665. The molecule has 1 aliphatic heterocycles. The van der Waals surface area contributed by atoms with Crippen LogP contribution in [0.1, 0.15) is 11.4 Å². The summed E-state index contributed by atoms with van der Waals surface area (Å²) in [5.41, 5.74) is 1.92. The van der Waals surface area contributed by atoms with Gasteiger partial charge in [0, 0.05) is 24.8 Å². The number of hydrogen-bond donors (Lipinski definition) is 2. The van der Waals surface area contributed by atoms with Crippen LogP contribution in [0.25, 0.3) is 5.82 Å². The zero-order valence-corrected chi connectivity index (χ0v) is 16.3. The molecular formula is C20H22N6O3. The van der Waals surface area contributed by atoms with Crippen LogP contribution in [0.3, 0.4) is 0 Å². The highest BCUT2D eigenvalue weighted by molar-refractivity contribution is 5.81. The Morgan fingerprint density at radius 1 is 1.17 bits per heavy atom. The number of anilines is 1. The number of carbonyl (C=O) groups is 1. The normalized spacial score (nSPS) is 15.0. The Balaban J connectivity index is 1.27. The molecule has 0 spiro atoms. The molecule has 150 valence electrons. The van der Waals surface area contributed by atoms with Gasteiger partial charge in [0.25, 0.3) is 5.91 Å². The average Bonchev–Trinajstić information content (AvgIpc) is 3.09. The van der Waals surface area contributed by atoms with Gasteiger partial charge in [-0.05, 0) is 32.0 Å². The van der Waals surface area contributed by atoms with Gasteiger partial charge in [-0.25, -0.2) is 14.6 Å². The maximum atomic E-state index is 12.3. The highest BCUT2D eigenvalue weighted by Crippen LogP contribution is 2.30. The van der Waals surface area contributed by atoms with Crippen molar-refractivity contribution in [2.75, 3.05) is 25.0 Å². The number of para-hydroxylation sites is 2. The van der Waals surface area contributed by atoms with Crippen molar-refractivity contribution in [3.05, 3.63) is 54.1 Å². The first kappa shape index (κ1) is 18.7. The third-order valence-electron chi connectivity index (χ3n) is 4.41. The molecule has 2 N–H and O–H groups in total. The molecule has 1 aromatic carbocycles. The average molecular weight is 394 g/mol. The number of carbonyl (C=O) groups excluding carboxylic acids is 1. The standard InChI is InChI=1S/C20H22N6O3/c1-13-9-14(2)26(25-13)19-10-18(23-12-24-19)21-7-8-22-20(27)17-11-28-15-5-3-4-6-16(15)29-17/h3-6,9-10,12,17H,7-8,11H2,1-2H3,(H,22,27)(H,21,23,24)/t17-/m0/s1. The molecule has 0 bridgehead atoms. The van der Waals surface area contributed by atoms with Gasteiger partial charge in [-0.1, -0.05) is 12.1 Å². The van der Waals surface area contributed by atoms with Crippen LogP contribution < -0.4 is 20.1 Å². The zero-order valence-electron chi connectivity index (χ0n) is 16.3. The van der Waals surface area contributed by atoms with Crippen molar-refractivity contribution < 1.29 is 14.3 Å². The lowest BCUT2D eigenvalue weighted by Crippen LogP contribution is -2.45. The van der Waals surface area contributed by atoms with Crippen molar-refractivity contribution in [1.82, 2.24) is 25.1 Å². The molecule has 3 aromatic rings. The summed E-state index contributed by atoms with van der Waals surface area (Å²) in [6.45, 7) is 5.02. The predicted molar refractivity (Wildman–Crippen MR) is 106 cm³/mol. The van der Waals surface area contributed by atoms with E-state index in [0.29, 0.717) is 36.2 Å². The van der Waals surface area contributed by atoms with E-state index in [1.54, 1.807) is 10.7 Å². The molecular weight excluding hydrogens is 372 g/mol. The second kappa shape index (κ2) is 8.17. The Labute approximate surface area is 168 Å². The van der Waals surface area contributed by atoms with Crippen LogP contribution in [-0.4, -0.2) is 51.5 Å². The molecule has 0 radical (unpaired) electrons. The number of aromatic nitrogens is 4. The van der Waals surface area contributed by atoms with Crippen molar-refractivity contribution in [3.63, 3.8) is 0 Å². The predicted octanol–water partition coefficient (Wildman–Crippen LogP) is 1.65. The highest BCUT2D eigenvalue weighted by Gasteiger charge is 2.26. The summed E-state index contributed by atoms with van der Waals surface area (Å²) in [5.74, 6) is 2.36. The fourth-order valence-electron chi connectivity index (χ4n) is 3.06. The monoisotopic (exact) mass is 394 g/mol. The van der Waals surface area contributed by atoms with Gasteiger partial charge < -0.3 is 20.1 Å². The van der Waals surface area contributed by atoms with E-state index in [2.05, 4.69) is 25.7 Å². The summed E-state index contributed by atoms with van der Waals surface area (Å²) >= 11 is 0. The van der Waals surface area contributed by atoms with E-state index in [1.165, 1.54) is 6.33 Å². The highest BCUT2D eigenvalue weighted by atomic mass is 16.6. The third-order valence-corrected chi connectivity index (χ3v) is 4.41. The fourth-order valence-corrected chi connectivity index (χ4v) is 3.06. The van der Waals surface area contributed by atoms with Crippen LogP contribution in [0.4, 0.5) is 5.82 Å². The van der Waals surface area contributed by atoms with Gasteiger partial charge in [-0.15, -0.1) is 0 Å². The summed E-state index contributed by atoms with van der Waals surface area (Å²) in [4.78, 5) is 20.8. The van der Waals surface area contributed by atoms with Gasteiger partial charge in [0.2, 0.25) is 6.10 Å². The van der Waals surface area contributed by atoms with Crippen LogP contribution in [0.5, 0.6) is 11.5 Å². The van der Waals surface area contributed by atoms with Gasteiger partial charge in [0.15, 0.2) is 17.3 Å². The SMILES string of the molecule is Cc1cc(C)n(-c2cc(NCCNC(=O)[C@@H]3COc4ccccc4O3)ncn2)n1. The van der Waals surface area contributed by atoms with E-state index in [9.17, 15) is 4.79 Å². The molecule has 0 saturated carbocycles. The number of nitrogens with zero attached hydrogens (tertiary/aromatic N) is 4. The van der Waals surface area contributed by atoms with Crippen molar-refractivity contribution in [1.29, 1.82) is 0 Å². The van der Waals surface area contributed by atoms with Gasteiger partial charge in [0.1, 0.15) is 18.8 Å². The fraction of sp³-hybridized carbons (Fsp3) is 0.300. The Hall–Kier alpha value is -3.62. The number of nitrogens with one attached hydrogen (secondary N) is 2. The van der Waals surface area contributed by atoms with Gasteiger partial charge in [0.05, 0.1) is 5.69 Å². The summed E-state index contributed by atoms with van der Waals surface area (Å²) in [6, 6.07) is 11.1. The molecule has 1 aliphatic rings. The summed E-state index contributed by atoms with van der Waals surface area (Å²) in [5, 5.41) is 10.4. The maximum Gasteiger partial charge on any atom is 0.264 e. The molecule has 0 aliphatic carbocycles. The summed E-state index contributed by atoms with van der Waals surface area (Å²) in [6.07, 6.45) is 0.818. The molecule has 3 heterocycles. The molecule has 0 unspecified atom stereocenters. The Kier molecular flexibility index (Phi) is 5.28. The molecule has 0 saturated heterocycles. The maximum absolute atomic E-state index is 12.3. The van der Waals surface area contributed by atoms with E-state index in [-0.39, 0.29) is 12.5 Å². The minimum absolute atomic E-state index is 0.189. The van der Waals surface area contributed by atoms with Crippen molar-refractivity contribution in [2.24, 2.45) is 0 Å². The van der Waals surface area contributed by atoms with Gasteiger partial charge in [-0.3, -0.25) is 4.79 Å². The molecule has 9 nitrogen and oxygen atoms in total. The Morgan fingerprint density at radius 2 is 2.00 bits per heavy atom. The summed E-state index contributed by atoms with van der Waals surface area (Å²) < 4.78 is 13.0. The number of rotatable bonds is 6. The Morgan fingerprint density at radius 3 is 2.79 bits per heavy atom. The molecule has 1 amide bonds. The molecule has 0 fully saturated rings. The largest absolute Gasteiger partial charge is 0.485 e.